The summed E-state index contributed by atoms with van der Waals surface area (Å²) in [6.45, 7) is 1.05. The minimum atomic E-state index is -3.77. The predicted octanol–water partition coefficient (Wildman–Crippen LogP) is 0.788. The number of ether oxygens (including phenoxy) is 1. The molecule has 8 nitrogen and oxygen atoms in total. The largest absolute Gasteiger partial charge is 0.396 e. The Hall–Kier alpha value is -1.81. The smallest absolute Gasteiger partial charge is 0.299 e. The summed E-state index contributed by atoms with van der Waals surface area (Å²) in [4.78, 5) is 26.0. The van der Waals surface area contributed by atoms with Crippen LogP contribution in [0.1, 0.15) is 36.0 Å². The van der Waals surface area contributed by atoms with E-state index in [-0.39, 0.29) is 23.1 Å². The molecule has 1 N–H and O–H groups in total. The average Bonchev–Trinajstić information content (AvgIpc) is 3.21. The fourth-order valence-electron chi connectivity index (χ4n) is 3.66. The molecular formula is C18H24N2O6S. The number of aliphatic hydroxyl groups excluding tert-OH is 1. The van der Waals surface area contributed by atoms with Crippen LogP contribution in [0.5, 0.6) is 0 Å². The van der Waals surface area contributed by atoms with Gasteiger partial charge in [0.1, 0.15) is 0 Å². The van der Waals surface area contributed by atoms with Gasteiger partial charge in [-0.2, -0.15) is 4.31 Å². The Morgan fingerprint density at radius 3 is 2.74 bits per heavy atom. The number of ketones is 1. The van der Waals surface area contributed by atoms with Gasteiger partial charge in [-0.25, -0.2) is 8.42 Å². The fraction of sp³-hybridized carbons (Fsp3) is 0.556. The van der Waals surface area contributed by atoms with Crippen molar-refractivity contribution in [3.63, 3.8) is 0 Å². The molecular weight excluding hydrogens is 372 g/mol. The van der Waals surface area contributed by atoms with Crippen LogP contribution < -0.4 is 4.90 Å². The van der Waals surface area contributed by atoms with Gasteiger partial charge in [-0.1, -0.05) is 0 Å². The quantitative estimate of drug-likeness (QED) is 0.515. The van der Waals surface area contributed by atoms with Gasteiger partial charge in [-0.05, 0) is 43.9 Å². The number of carbonyl (C=O) groups is 2. The van der Waals surface area contributed by atoms with Crippen molar-refractivity contribution in [3.8, 4) is 0 Å². The Kier molecular flexibility index (Phi) is 5.95. The van der Waals surface area contributed by atoms with E-state index in [4.69, 9.17) is 9.84 Å². The van der Waals surface area contributed by atoms with Crippen molar-refractivity contribution in [3.05, 3.63) is 23.8 Å². The predicted molar refractivity (Wildman–Crippen MR) is 98.2 cm³/mol. The van der Waals surface area contributed by atoms with Crippen LogP contribution in [0.2, 0.25) is 0 Å². The Balaban J connectivity index is 1.90. The number of aliphatic hydroxyl groups is 1. The lowest BCUT2D eigenvalue weighted by Crippen LogP contribution is -2.38. The van der Waals surface area contributed by atoms with Crippen LogP contribution in [-0.2, 0) is 19.6 Å². The molecule has 2 aliphatic rings. The summed E-state index contributed by atoms with van der Waals surface area (Å²) >= 11 is 0. The maximum atomic E-state index is 13.0. The molecule has 2 heterocycles. The van der Waals surface area contributed by atoms with E-state index in [1.165, 1.54) is 34.5 Å². The lowest BCUT2D eigenvalue weighted by Gasteiger charge is -2.24. The lowest BCUT2D eigenvalue weighted by molar-refractivity contribution is -0.114. The molecule has 2 aliphatic heterocycles. The third-order valence-corrected chi connectivity index (χ3v) is 6.97. The SMILES string of the molecule is COC[C@@H]1CCCN1S(=O)(=O)c1ccc2c(c1)C(=O)C(=O)N2CCCCO. The maximum Gasteiger partial charge on any atom is 0.299 e. The van der Waals surface area contributed by atoms with Gasteiger partial charge in [0.25, 0.3) is 11.7 Å². The normalized spacial score (nSPS) is 20.5. The van der Waals surface area contributed by atoms with Crippen molar-refractivity contribution in [1.29, 1.82) is 0 Å². The number of Topliss-reactive ketones (excluding diaryl/α,β-unsaturated/α-hetero) is 1. The highest BCUT2D eigenvalue weighted by Crippen LogP contribution is 2.33. The molecule has 0 unspecified atom stereocenters. The molecule has 0 spiro atoms. The highest BCUT2D eigenvalue weighted by Gasteiger charge is 2.39. The number of hydrogen-bond acceptors (Lipinski definition) is 6. The number of methoxy groups -OCH3 is 1. The van der Waals surface area contributed by atoms with Crippen LogP contribution in [0.25, 0.3) is 0 Å². The van der Waals surface area contributed by atoms with E-state index in [2.05, 4.69) is 0 Å². The molecule has 1 atom stereocenters. The molecule has 0 radical (unpaired) electrons. The van der Waals surface area contributed by atoms with Crippen LogP contribution in [0.4, 0.5) is 5.69 Å². The second-order valence-electron chi connectivity index (χ2n) is 6.76. The highest BCUT2D eigenvalue weighted by molar-refractivity contribution is 7.89. The highest BCUT2D eigenvalue weighted by atomic mass is 32.2. The number of unbranched alkanes of at least 4 members (excludes halogenated alkanes) is 1. The molecule has 9 heteroatoms. The Labute approximate surface area is 158 Å². The number of benzene rings is 1. The van der Waals surface area contributed by atoms with E-state index in [1.807, 2.05) is 0 Å². The van der Waals surface area contributed by atoms with Crippen molar-refractivity contribution in [2.45, 2.75) is 36.6 Å². The van der Waals surface area contributed by atoms with Crippen molar-refractivity contribution in [2.75, 3.05) is 38.3 Å². The number of rotatable bonds is 8. The molecule has 1 saturated heterocycles. The van der Waals surface area contributed by atoms with Gasteiger partial charge >= 0.3 is 0 Å². The number of fused-ring (bicyclic) bond motifs is 1. The molecule has 0 aliphatic carbocycles. The molecule has 0 aromatic heterocycles. The number of carbonyl (C=O) groups excluding carboxylic acids is 2. The molecule has 3 rings (SSSR count). The second-order valence-corrected chi connectivity index (χ2v) is 8.65. The first-order chi connectivity index (χ1) is 12.9. The number of amides is 1. The molecule has 0 saturated carbocycles. The van der Waals surface area contributed by atoms with Crippen molar-refractivity contribution < 1.29 is 27.9 Å². The van der Waals surface area contributed by atoms with E-state index in [0.717, 1.165) is 12.8 Å². The number of sulfonamides is 1. The van der Waals surface area contributed by atoms with Crippen molar-refractivity contribution >= 4 is 27.4 Å². The van der Waals surface area contributed by atoms with Crippen LogP contribution in [0.3, 0.4) is 0 Å². The Morgan fingerprint density at radius 2 is 2.04 bits per heavy atom. The van der Waals surface area contributed by atoms with Gasteiger partial charge in [-0.15, -0.1) is 0 Å². The first kappa shape index (κ1) is 19.9. The van der Waals surface area contributed by atoms with Crippen molar-refractivity contribution in [1.82, 2.24) is 4.31 Å². The summed E-state index contributed by atoms with van der Waals surface area (Å²) in [5.74, 6) is -1.35. The lowest BCUT2D eigenvalue weighted by atomic mass is 10.1. The minimum Gasteiger partial charge on any atom is -0.396 e. The Morgan fingerprint density at radius 1 is 1.26 bits per heavy atom. The zero-order valence-corrected chi connectivity index (χ0v) is 16.1. The van der Waals surface area contributed by atoms with Crippen LogP contribution >= 0.6 is 0 Å². The van der Waals surface area contributed by atoms with Gasteiger partial charge < -0.3 is 14.7 Å². The summed E-state index contributed by atoms with van der Waals surface area (Å²) in [5.41, 5.74) is 0.546. The number of anilines is 1. The summed E-state index contributed by atoms with van der Waals surface area (Å²) < 4.78 is 32.6. The zero-order valence-electron chi connectivity index (χ0n) is 15.3. The monoisotopic (exact) mass is 396 g/mol. The maximum absolute atomic E-state index is 13.0. The van der Waals surface area contributed by atoms with Gasteiger partial charge in [0.2, 0.25) is 10.0 Å². The first-order valence-corrected chi connectivity index (χ1v) is 10.5. The van der Waals surface area contributed by atoms with Crippen LogP contribution in [-0.4, -0.2) is 69.0 Å². The average molecular weight is 396 g/mol. The van der Waals surface area contributed by atoms with E-state index in [9.17, 15) is 18.0 Å². The molecule has 1 aromatic carbocycles. The van der Waals surface area contributed by atoms with Crippen molar-refractivity contribution in [2.24, 2.45) is 0 Å². The van der Waals surface area contributed by atoms with Gasteiger partial charge in [0.05, 0.1) is 22.8 Å². The summed E-state index contributed by atoms with van der Waals surface area (Å²) in [5, 5.41) is 8.89. The minimum absolute atomic E-state index is 0.0124. The molecule has 1 amide bonds. The zero-order chi connectivity index (χ0) is 19.6. The van der Waals surface area contributed by atoms with Gasteiger partial charge in [0, 0.05) is 32.8 Å². The van der Waals surface area contributed by atoms with E-state index < -0.39 is 21.7 Å². The van der Waals surface area contributed by atoms with Gasteiger partial charge in [-0.3, -0.25) is 9.59 Å². The van der Waals surface area contributed by atoms with E-state index in [1.54, 1.807) is 0 Å². The standard InChI is InChI=1S/C18H24N2O6S/c1-26-12-13-5-4-9-20(13)27(24,25)14-6-7-16-15(11-14)17(22)18(23)19(16)8-2-3-10-21/h6-7,11,13,21H,2-5,8-10,12H2,1H3/t13-/m0/s1. The van der Waals surface area contributed by atoms with E-state index in [0.29, 0.717) is 38.2 Å². The molecule has 27 heavy (non-hydrogen) atoms. The number of hydrogen-bond donors (Lipinski definition) is 1. The van der Waals surface area contributed by atoms with Gasteiger partial charge in [0.15, 0.2) is 0 Å². The summed E-state index contributed by atoms with van der Waals surface area (Å²) in [6.07, 6.45) is 2.57. The Bertz CT molecular complexity index is 838. The summed E-state index contributed by atoms with van der Waals surface area (Å²) in [7, 11) is -2.24. The molecule has 0 bridgehead atoms. The van der Waals surface area contributed by atoms with Crippen LogP contribution in [0, 0.1) is 0 Å². The van der Waals surface area contributed by atoms with E-state index >= 15 is 0 Å². The molecule has 1 fully saturated rings. The second kappa shape index (κ2) is 8.05. The first-order valence-electron chi connectivity index (χ1n) is 9.03. The topological polar surface area (TPSA) is 104 Å². The third-order valence-electron chi connectivity index (χ3n) is 5.02. The molecule has 148 valence electrons. The third kappa shape index (κ3) is 3.64. The summed E-state index contributed by atoms with van der Waals surface area (Å²) in [6, 6.07) is 4.05. The number of nitrogens with zero attached hydrogens (tertiary/aromatic N) is 2. The fourth-order valence-corrected chi connectivity index (χ4v) is 5.37. The van der Waals surface area contributed by atoms with Crippen LogP contribution in [0.15, 0.2) is 23.1 Å². The molecule has 1 aromatic rings.